The molecule has 0 saturated carbocycles. The summed E-state index contributed by atoms with van der Waals surface area (Å²) in [4.78, 5) is 0. The molecule has 1 heterocycles. The zero-order valence-corrected chi connectivity index (χ0v) is 12.4. The molecule has 4 nitrogen and oxygen atoms in total. The van der Waals surface area contributed by atoms with Gasteiger partial charge in [0.25, 0.3) is 0 Å². The average molecular weight is 293 g/mol. The monoisotopic (exact) mass is 293 g/mol. The largest absolute Gasteiger partial charge is 0.395 e. The molecule has 108 valence electrons. The number of aliphatic hydroxyl groups excluding tert-OH is 1. The summed E-state index contributed by atoms with van der Waals surface area (Å²) in [6, 6.07) is 7.57. The Morgan fingerprint density at radius 1 is 1.35 bits per heavy atom. The molecule has 1 aliphatic rings. The van der Waals surface area contributed by atoms with E-state index in [4.69, 9.17) is 5.11 Å². The van der Waals surface area contributed by atoms with E-state index in [1.165, 1.54) is 0 Å². The summed E-state index contributed by atoms with van der Waals surface area (Å²) in [5.74, 6) is 6.25. The van der Waals surface area contributed by atoms with Crippen LogP contribution in [0.3, 0.4) is 0 Å². The Hall–Kier alpha value is -1.35. The van der Waals surface area contributed by atoms with Crippen molar-refractivity contribution in [2.24, 2.45) is 5.92 Å². The second kappa shape index (κ2) is 6.40. The summed E-state index contributed by atoms with van der Waals surface area (Å²) in [6.45, 7) is 3.05. The van der Waals surface area contributed by atoms with Crippen molar-refractivity contribution in [3.63, 3.8) is 0 Å². The highest BCUT2D eigenvalue weighted by Gasteiger charge is 2.33. The van der Waals surface area contributed by atoms with Crippen LogP contribution in [0.1, 0.15) is 24.5 Å². The van der Waals surface area contributed by atoms with E-state index >= 15 is 0 Å². The highest BCUT2D eigenvalue weighted by Crippen LogP contribution is 2.21. The van der Waals surface area contributed by atoms with Gasteiger partial charge in [-0.05, 0) is 23.6 Å². The zero-order chi connectivity index (χ0) is 14.6. The molecule has 0 bridgehead atoms. The second-order valence-corrected chi connectivity index (χ2v) is 7.16. The summed E-state index contributed by atoms with van der Waals surface area (Å²) in [7, 11) is -3.08. The smallest absolute Gasteiger partial charge is 0.214 e. The number of hydrogen-bond donors (Lipinski definition) is 1. The van der Waals surface area contributed by atoms with E-state index in [9.17, 15) is 8.42 Å². The summed E-state index contributed by atoms with van der Waals surface area (Å²) < 4.78 is 25.3. The summed E-state index contributed by atoms with van der Waals surface area (Å²) in [6.07, 6.45) is 0.464. The van der Waals surface area contributed by atoms with Crippen LogP contribution in [0.2, 0.25) is 0 Å². The van der Waals surface area contributed by atoms with Crippen LogP contribution in [0.4, 0.5) is 0 Å². The lowest BCUT2D eigenvalue weighted by Gasteiger charge is -2.14. The fraction of sp³-hybridized carbons (Fsp3) is 0.467. The molecule has 1 saturated heterocycles. The highest BCUT2D eigenvalue weighted by molar-refractivity contribution is 7.89. The molecular formula is C15H19NO3S. The van der Waals surface area contributed by atoms with Crippen LogP contribution < -0.4 is 0 Å². The van der Waals surface area contributed by atoms with Crippen LogP contribution in [0.25, 0.3) is 0 Å². The first-order valence-corrected chi connectivity index (χ1v) is 8.28. The van der Waals surface area contributed by atoms with Gasteiger partial charge in [-0.2, -0.15) is 4.31 Å². The minimum absolute atomic E-state index is 0.0656. The van der Waals surface area contributed by atoms with E-state index in [1.807, 2.05) is 31.2 Å². The minimum atomic E-state index is -3.08. The van der Waals surface area contributed by atoms with Crippen molar-refractivity contribution < 1.29 is 13.5 Å². The first-order chi connectivity index (χ1) is 9.51. The molecule has 0 radical (unpaired) electrons. The van der Waals surface area contributed by atoms with Gasteiger partial charge in [-0.25, -0.2) is 8.42 Å². The zero-order valence-electron chi connectivity index (χ0n) is 11.5. The SMILES string of the molecule is CC1CN(Cc2ccc(C#CCCO)cc2)S(=O)(=O)C1. The maximum Gasteiger partial charge on any atom is 0.214 e. The first-order valence-electron chi connectivity index (χ1n) is 6.68. The standard InChI is InChI=1S/C15H19NO3S/c1-13-10-16(20(18,19)12-13)11-15-7-5-14(6-8-15)4-2-3-9-17/h5-8,13,17H,3,9-12H2,1H3. The first kappa shape index (κ1) is 15.0. The summed E-state index contributed by atoms with van der Waals surface area (Å²) >= 11 is 0. The van der Waals surface area contributed by atoms with Crippen molar-refractivity contribution in [3.05, 3.63) is 35.4 Å². The normalized spacial score (nSPS) is 21.4. The van der Waals surface area contributed by atoms with Crippen LogP contribution in [0, 0.1) is 17.8 Å². The Morgan fingerprint density at radius 2 is 2.05 bits per heavy atom. The number of nitrogens with zero attached hydrogens (tertiary/aromatic N) is 1. The van der Waals surface area contributed by atoms with E-state index < -0.39 is 10.0 Å². The molecule has 5 heteroatoms. The molecule has 1 unspecified atom stereocenters. The molecular weight excluding hydrogens is 274 g/mol. The van der Waals surface area contributed by atoms with E-state index in [0.29, 0.717) is 19.5 Å². The van der Waals surface area contributed by atoms with E-state index in [1.54, 1.807) is 4.31 Å². The Bertz CT molecular complexity index is 611. The number of aliphatic hydroxyl groups is 1. The maximum absolute atomic E-state index is 11.9. The Balaban J connectivity index is 2.03. The fourth-order valence-electron chi connectivity index (χ4n) is 2.26. The number of benzene rings is 1. The number of hydrogen-bond acceptors (Lipinski definition) is 3. The highest BCUT2D eigenvalue weighted by atomic mass is 32.2. The van der Waals surface area contributed by atoms with Gasteiger partial charge in [0.1, 0.15) is 0 Å². The van der Waals surface area contributed by atoms with Crippen molar-refractivity contribution in [2.75, 3.05) is 18.9 Å². The lowest BCUT2D eigenvalue weighted by molar-refractivity contribution is 0.305. The van der Waals surface area contributed by atoms with E-state index in [-0.39, 0.29) is 18.3 Å². The second-order valence-electron chi connectivity index (χ2n) is 5.15. The van der Waals surface area contributed by atoms with Gasteiger partial charge in [-0.3, -0.25) is 0 Å². The molecule has 0 amide bonds. The van der Waals surface area contributed by atoms with Crippen LogP contribution in [0.15, 0.2) is 24.3 Å². The molecule has 1 N–H and O–H groups in total. The van der Waals surface area contributed by atoms with Gasteiger partial charge in [0, 0.05) is 25.1 Å². The lowest BCUT2D eigenvalue weighted by atomic mass is 10.1. The molecule has 0 aromatic heterocycles. The van der Waals surface area contributed by atoms with Gasteiger partial charge in [0.05, 0.1) is 12.4 Å². The Kier molecular flexibility index (Phi) is 4.81. The van der Waals surface area contributed by atoms with Crippen molar-refractivity contribution >= 4 is 10.0 Å². The molecule has 1 aromatic rings. The van der Waals surface area contributed by atoms with Gasteiger partial charge in [-0.15, -0.1) is 0 Å². The van der Waals surface area contributed by atoms with Crippen molar-refractivity contribution in [3.8, 4) is 11.8 Å². The Morgan fingerprint density at radius 3 is 2.60 bits per heavy atom. The molecule has 2 rings (SSSR count). The van der Waals surface area contributed by atoms with Crippen molar-refractivity contribution in [1.29, 1.82) is 0 Å². The quantitative estimate of drug-likeness (QED) is 0.852. The minimum Gasteiger partial charge on any atom is -0.395 e. The number of sulfonamides is 1. The molecule has 1 aromatic carbocycles. The van der Waals surface area contributed by atoms with Gasteiger partial charge in [0.15, 0.2) is 0 Å². The molecule has 1 atom stereocenters. The van der Waals surface area contributed by atoms with Gasteiger partial charge in [0.2, 0.25) is 10.0 Å². The average Bonchev–Trinajstić information content (AvgIpc) is 2.64. The summed E-state index contributed by atoms with van der Waals surface area (Å²) in [5.41, 5.74) is 1.84. The Labute approximate surface area is 120 Å². The van der Waals surface area contributed by atoms with Gasteiger partial charge in [-0.1, -0.05) is 30.9 Å². The number of rotatable bonds is 3. The predicted octanol–water partition coefficient (Wildman–Crippen LogP) is 1.20. The third-order valence-electron chi connectivity index (χ3n) is 3.19. The van der Waals surface area contributed by atoms with Gasteiger partial charge < -0.3 is 5.11 Å². The third-order valence-corrected chi connectivity index (χ3v) is 5.24. The predicted molar refractivity (Wildman–Crippen MR) is 78.4 cm³/mol. The molecule has 1 aliphatic heterocycles. The van der Waals surface area contributed by atoms with Crippen LogP contribution >= 0.6 is 0 Å². The third kappa shape index (κ3) is 3.83. The van der Waals surface area contributed by atoms with Crippen molar-refractivity contribution in [2.45, 2.75) is 19.9 Å². The van der Waals surface area contributed by atoms with E-state index in [2.05, 4.69) is 11.8 Å². The molecule has 0 spiro atoms. The van der Waals surface area contributed by atoms with Gasteiger partial charge >= 0.3 is 0 Å². The van der Waals surface area contributed by atoms with E-state index in [0.717, 1.165) is 11.1 Å². The molecule has 1 fully saturated rings. The van der Waals surface area contributed by atoms with Crippen LogP contribution in [-0.4, -0.2) is 36.7 Å². The van der Waals surface area contributed by atoms with Crippen molar-refractivity contribution in [1.82, 2.24) is 4.31 Å². The lowest BCUT2D eigenvalue weighted by Crippen LogP contribution is -2.25. The fourth-order valence-corrected chi connectivity index (χ4v) is 4.12. The van der Waals surface area contributed by atoms with Crippen LogP contribution in [0.5, 0.6) is 0 Å². The molecule has 0 aliphatic carbocycles. The topological polar surface area (TPSA) is 57.6 Å². The summed E-state index contributed by atoms with van der Waals surface area (Å²) in [5, 5.41) is 8.65. The molecule has 20 heavy (non-hydrogen) atoms. The van der Waals surface area contributed by atoms with Crippen LogP contribution in [-0.2, 0) is 16.6 Å². The maximum atomic E-state index is 11.9.